The number of methoxy groups -OCH3 is 2. The number of primary amides is 1. The molecule has 43 heavy (non-hydrogen) atoms. The zero-order valence-corrected chi connectivity index (χ0v) is 24.0. The number of nitrogens with two attached hydrogens (primary N) is 1. The maximum atomic E-state index is 14.4. The molecular weight excluding hydrogens is 598 g/mol. The van der Waals surface area contributed by atoms with Crippen LogP contribution in [-0.2, 0) is 9.53 Å². The fourth-order valence-electron chi connectivity index (χ4n) is 3.94. The second-order valence-corrected chi connectivity index (χ2v) is 10.1. The first kappa shape index (κ1) is 35.3. The van der Waals surface area contributed by atoms with Crippen LogP contribution < -0.4 is 20.9 Å². The van der Waals surface area contributed by atoms with E-state index >= 15 is 0 Å². The molecule has 0 spiro atoms. The number of benzene rings is 2. The molecule has 0 aliphatic carbocycles. The highest BCUT2D eigenvalue weighted by Gasteiger charge is 2.34. The number of ether oxygens (including phenoxy) is 2. The second-order valence-electron chi connectivity index (χ2n) is 8.83. The van der Waals surface area contributed by atoms with Crippen LogP contribution in [0.25, 0.3) is 0 Å². The first-order chi connectivity index (χ1) is 20.4. The molecule has 2 atom stereocenters. The van der Waals surface area contributed by atoms with Crippen LogP contribution in [0.4, 0.5) is 23.2 Å². The number of carbonyl (C=O) groups is 2. The molecular formula is C28H31F4N3O7S. The summed E-state index contributed by atoms with van der Waals surface area (Å²) in [4.78, 5) is 37.3. The smallest absolute Gasteiger partial charge is 0.342 e. The number of hydrogen-bond donors (Lipinski definition) is 3. The maximum absolute atomic E-state index is 14.4. The largest absolute Gasteiger partial charge is 0.497 e. The zero-order chi connectivity index (χ0) is 32.1. The average molecular weight is 630 g/mol. The lowest BCUT2D eigenvalue weighted by Gasteiger charge is -2.19. The third kappa shape index (κ3) is 10.7. The Balaban J connectivity index is 0.000000380. The summed E-state index contributed by atoms with van der Waals surface area (Å²) in [6.45, 7) is -2.83. The number of carbonyl (C=O) groups excluding carboxylic acids is 2. The van der Waals surface area contributed by atoms with Crippen molar-refractivity contribution in [2.75, 3.05) is 38.9 Å². The highest BCUT2D eigenvalue weighted by molar-refractivity contribution is 7.98. The predicted molar refractivity (Wildman–Crippen MR) is 152 cm³/mol. The minimum absolute atomic E-state index is 0.119. The van der Waals surface area contributed by atoms with Gasteiger partial charge in [0.1, 0.15) is 23.1 Å². The Morgan fingerprint density at radius 1 is 1.12 bits per heavy atom. The van der Waals surface area contributed by atoms with Crippen LogP contribution in [0.2, 0.25) is 0 Å². The van der Waals surface area contributed by atoms with Crippen molar-refractivity contribution >= 4 is 29.4 Å². The normalized spacial score (nSPS) is 14.9. The molecule has 1 aliphatic heterocycles. The summed E-state index contributed by atoms with van der Waals surface area (Å²) in [6.07, 6.45) is 1.70. The summed E-state index contributed by atoms with van der Waals surface area (Å²) < 4.78 is 57.8. The Hall–Kier alpha value is -3.92. The number of pyridine rings is 1. The zero-order valence-electron chi connectivity index (χ0n) is 23.2. The molecule has 4 N–H and O–H groups in total. The van der Waals surface area contributed by atoms with Crippen molar-refractivity contribution in [1.82, 2.24) is 3.97 Å². The number of anilines is 1. The molecule has 2 unspecified atom stereocenters. The van der Waals surface area contributed by atoms with Crippen molar-refractivity contribution in [3.63, 3.8) is 0 Å². The Morgan fingerprint density at radius 3 is 2.30 bits per heavy atom. The van der Waals surface area contributed by atoms with Gasteiger partial charge in [-0.15, -0.1) is 0 Å². The van der Waals surface area contributed by atoms with Crippen molar-refractivity contribution in [3.05, 3.63) is 93.9 Å². The van der Waals surface area contributed by atoms with Gasteiger partial charge in [-0.2, -0.15) is 8.78 Å². The number of nitrogens with zero attached hydrogens (tertiary/aromatic N) is 2. The van der Waals surface area contributed by atoms with Crippen LogP contribution >= 0.6 is 11.9 Å². The fraction of sp³-hybridized carbons (Fsp3) is 0.321. The molecule has 1 fully saturated rings. The van der Waals surface area contributed by atoms with E-state index in [0.29, 0.717) is 16.9 Å². The van der Waals surface area contributed by atoms with Crippen molar-refractivity contribution in [3.8, 4) is 5.75 Å². The molecule has 4 rings (SSSR count). The number of amides is 2. The van der Waals surface area contributed by atoms with Gasteiger partial charge in [-0.1, -0.05) is 6.07 Å². The first-order valence-corrected chi connectivity index (χ1v) is 13.4. The van der Waals surface area contributed by atoms with Crippen molar-refractivity contribution in [2.24, 2.45) is 5.73 Å². The van der Waals surface area contributed by atoms with E-state index in [4.69, 9.17) is 20.3 Å². The van der Waals surface area contributed by atoms with Gasteiger partial charge in [0.25, 0.3) is 5.56 Å². The highest BCUT2D eigenvalue weighted by atomic mass is 32.2. The molecule has 10 nitrogen and oxygen atoms in total. The molecule has 2 aromatic carbocycles. The molecule has 234 valence electrons. The summed E-state index contributed by atoms with van der Waals surface area (Å²) in [7, 11) is 2.98. The van der Waals surface area contributed by atoms with Gasteiger partial charge in [-0.3, -0.25) is 18.4 Å². The Labute approximate surface area is 248 Å². The van der Waals surface area contributed by atoms with Gasteiger partial charge in [0.05, 0.1) is 25.6 Å². The first-order valence-electron chi connectivity index (χ1n) is 12.6. The molecule has 2 amide bonds. The van der Waals surface area contributed by atoms with E-state index in [2.05, 4.69) is 0 Å². The van der Waals surface area contributed by atoms with Crippen molar-refractivity contribution in [2.45, 2.75) is 24.2 Å². The Kier molecular flexibility index (Phi) is 14.2. The minimum atomic E-state index is -3.17. The average Bonchev–Trinajstić information content (AvgIpc) is 3.34. The van der Waals surface area contributed by atoms with E-state index < -0.39 is 18.3 Å². The number of hydrogen-bond acceptors (Lipinski definition) is 8. The summed E-state index contributed by atoms with van der Waals surface area (Å²) >= 11 is 1.14. The molecule has 1 saturated heterocycles. The van der Waals surface area contributed by atoms with Crippen LogP contribution in [0.5, 0.6) is 5.75 Å². The van der Waals surface area contributed by atoms with Gasteiger partial charge >= 0.3 is 6.61 Å². The highest BCUT2D eigenvalue weighted by Crippen LogP contribution is 2.33. The number of halogens is 4. The Morgan fingerprint density at radius 2 is 1.77 bits per heavy atom. The van der Waals surface area contributed by atoms with Crippen LogP contribution in [0.1, 0.15) is 28.3 Å². The molecule has 0 radical (unpaired) electrons. The molecule has 1 aromatic heterocycles. The van der Waals surface area contributed by atoms with E-state index in [-0.39, 0.29) is 60.3 Å². The topological polar surface area (TPSA) is 144 Å². The van der Waals surface area contributed by atoms with Crippen LogP contribution in [0.15, 0.2) is 65.6 Å². The lowest BCUT2D eigenvalue weighted by Crippen LogP contribution is -2.33. The van der Waals surface area contributed by atoms with Gasteiger partial charge < -0.3 is 30.3 Å². The van der Waals surface area contributed by atoms with Gasteiger partial charge in [0.2, 0.25) is 11.8 Å². The number of aliphatic hydroxyl groups is 2. The lowest BCUT2D eigenvalue weighted by molar-refractivity contribution is -0.117. The van der Waals surface area contributed by atoms with Crippen LogP contribution in [-0.4, -0.2) is 71.8 Å². The monoisotopic (exact) mass is 629 g/mol. The third-order valence-electron chi connectivity index (χ3n) is 5.91. The molecule has 0 bridgehead atoms. The lowest BCUT2D eigenvalue weighted by atomic mass is 9.97. The van der Waals surface area contributed by atoms with E-state index in [0.717, 1.165) is 11.9 Å². The number of aromatic nitrogens is 1. The number of alkyl halides is 2. The number of aliphatic hydroxyl groups excluding tert-OH is 2. The summed E-state index contributed by atoms with van der Waals surface area (Å²) in [6, 6.07) is 12.9. The Bertz CT molecular complexity index is 1410. The van der Waals surface area contributed by atoms with E-state index in [1.54, 1.807) is 30.5 Å². The maximum Gasteiger partial charge on any atom is 0.342 e. The predicted octanol–water partition coefficient (Wildman–Crippen LogP) is 3.15. The quantitative estimate of drug-likeness (QED) is 0.307. The summed E-state index contributed by atoms with van der Waals surface area (Å²) in [5, 5.41) is 15.8. The second kappa shape index (κ2) is 17.3. The van der Waals surface area contributed by atoms with E-state index in [1.165, 1.54) is 53.4 Å². The molecule has 1 aliphatic rings. The summed E-state index contributed by atoms with van der Waals surface area (Å²) in [5.74, 6) is -1.53. The van der Waals surface area contributed by atoms with Gasteiger partial charge in [0.15, 0.2) is 0 Å². The van der Waals surface area contributed by atoms with Gasteiger partial charge in [0, 0.05) is 43.8 Å². The van der Waals surface area contributed by atoms with E-state index in [1.807, 2.05) is 0 Å². The molecule has 3 aromatic rings. The summed E-state index contributed by atoms with van der Waals surface area (Å²) in [5.41, 5.74) is 5.51. The number of rotatable bonds is 9. The minimum Gasteiger partial charge on any atom is -0.497 e. The van der Waals surface area contributed by atoms with Crippen LogP contribution in [0, 0.1) is 11.6 Å². The third-order valence-corrected chi connectivity index (χ3v) is 7.00. The van der Waals surface area contributed by atoms with Gasteiger partial charge in [-0.05, 0) is 60.0 Å². The van der Waals surface area contributed by atoms with E-state index in [9.17, 15) is 37.1 Å². The molecule has 15 heteroatoms. The van der Waals surface area contributed by atoms with Gasteiger partial charge in [-0.25, -0.2) is 8.78 Å². The van der Waals surface area contributed by atoms with Crippen molar-refractivity contribution < 1.29 is 46.8 Å². The SMILES string of the molecule is COCC(CO)Sn1cccc(N2CC(c3ccc(OC)cc3F)CC2=O)c1=O.NC(=O)c1ccc(F)cc1.OC(F)F. The standard InChI is InChI=1S/C20H23FN2O5S.C7H6FNO.CH2F2O/c1-27-12-15(11-24)29-23-7-3-4-18(20(23)26)22-10-13(8-19(22)25)16-6-5-14(28-2)9-17(16)21;8-6-3-1-5(2-4-6)7(9)10;2-1(3)4/h3-7,9,13,15,24H,8,10-12H2,1-2H3;1-4H,(H2,9,10);1,4H. The van der Waals surface area contributed by atoms with Crippen LogP contribution in [0.3, 0.4) is 0 Å². The van der Waals surface area contributed by atoms with Crippen molar-refractivity contribution in [1.29, 1.82) is 0 Å². The molecule has 2 heterocycles. The fourth-order valence-corrected chi connectivity index (χ4v) is 4.86. The molecule has 0 saturated carbocycles.